The summed E-state index contributed by atoms with van der Waals surface area (Å²) in [6.07, 6.45) is 5.49. The summed E-state index contributed by atoms with van der Waals surface area (Å²) in [5.74, 6) is 0.701. The fourth-order valence-electron chi connectivity index (χ4n) is 2.17. The highest BCUT2D eigenvalue weighted by atomic mass is 16.5. The van der Waals surface area contributed by atoms with E-state index in [0.29, 0.717) is 6.54 Å². The topological polar surface area (TPSA) is 55.3 Å². The van der Waals surface area contributed by atoms with Gasteiger partial charge in [0.05, 0.1) is 19.3 Å². The molecule has 5 nitrogen and oxygen atoms in total. The molecule has 2 N–H and O–H groups in total. The fourth-order valence-corrected chi connectivity index (χ4v) is 2.17. The van der Waals surface area contributed by atoms with E-state index in [9.17, 15) is 4.79 Å². The third-order valence-corrected chi connectivity index (χ3v) is 3.13. The van der Waals surface area contributed by atoms with Crippen LogP contribution in [0.4, 0.5) is 5.69 Å². The Balaban J connectivity index is 1.88. The van der Waals surface area contributed by atoms with E-state index in [1.54, 1.807) is 13.2 Å². The van der Waals surface area contributed by atoms with E-state index in [1.165, 1.54) is 0 Å². The average molecular weight is 269 g/mol. The van der Waals surface area contributed by atoms with E-state index >= 15 is 0 Å². The van der Waals surface area contributed by atoms with Crippen LogP contribution in [0.3, 0.4) is 0 Å². The zero-order valence-corrected chi connectivity index (χ0v) is 11.1. The highest BCUT2D eigenvalue weighted by molar-refractivity contribution is 5.91. The number of amides is 1. The summed E-state index contributed by atoms with van der Waals surface area (Å²) < 4.78 is 7.42. The van der Waals surface area contributed by atoms with Crippen molar-refractivity contribution in [1.82, 2.24) is 9.88 Å². The van der Waals surface area contributed by atoms with Gasteiger partial charge in [0.25, 0.3) is 0 Å². The number of carbonyl (C=O) groups excluding carboxylic acids is 1. The first kappa shape index (κ1) is 12.3. The molecule has 0 radical (unpaired) electrons. The molecule has 0 unspecified atom stereocenters. The monoisotopic (exact) mass is 269 g/mol. The summed E-state index contributed by atoms with van der Waals surface area (Å²) in [7, 11) is 1.64. The van der Waals surface area contributed by atoms with Crippen LogP contribution in [-0.4, -0.2) is 24.1 Å². The molecule has 0 saturated heterocycles. The van der Waals surface area contributed by atoms with E-state index in [0.717, 1.165) is 22.8 Å². The summed E-state index contributed by atoms with van der Waals surface area (Å²) in [5, 5.41) is 5.93. The fraction of sp³-hybridized carbons (Fsp3) is 0.133. The van der Waals surface area contributed by atoms with Crippen molar-refractivity contribution < 1.29 is 9.53 Å². The van der Waals surface area contributed by atoms with Gasteiger partial charge in [0, 0.05) is 35.9 Å². The summed E-state index contributed by atoms with van der Waals surface area (Å²) in [6, 6.07) is 9.78. The van der Waals surface area contributed by atoms with Gasteiger partial charge in [0.2, 0.25) is 5.91 Å². The van der Waals surface area contributed by atoms with Gasteiger partial charge >= 0.3 is 0 Å². The molecule has 1 aliphatic heterocycles. The lowest BCUT2D eigenvalue weighted by atomic mass is 10.2. The maximum atomic E-state index is 11.1. The molecule has 0 bridgehead atoms. The molecule has 102 valence electrons. The zero-order chi connectivity index (χ0) is 13.9. The van der Waals surface area contributed by atoms with Gasteiger partial charge in [-0.1, -0.05) is 0 Å². The number of hydrogen-bond acceptors (Lipinski definition) is 3. The second kappa shape index (κ2) is 5.13. The molecule has 1 aromatic heterocycles. The van der Waals surface area contributed by atoms with E-state index in [-0.39, 0.29) is 5.91 Å². The molecule has 5 heteroatoms. The van der Waals surface area contributed by atoms with Crippen LogP contribution in [0.5, 0.6) is 5.75 Å². The Bertz CT molecular complexity index is 660. The first-order valence-corrected chi connectivity index (χ1v) is 6.33. The number of carbonyl (C=O) groups is 1. The molecule has 20 heavy (non-hydrogen) atoms. The number of benzene rings is 1. The molecule has 0 spiro atoms. The van der Waals surface area contributed by atoms with Gasteiger partial charge in [-0.2, -0.15) is 0 Å². The smallest absolute Gasteiger partial charge is 0.246 e. The zero-order valence-electron chi connectivity index (χ0n) is 11.1. The number of hydrogen-bond donors (Lipinski definition) is 2. The highest BCUT2D eigenvalue weighted by Gasteiger charge is 2.12. The van der Waals surface area contributed by atoms with Crippen LogP contribution in [0, 0.1) is 0 Å². The van der Waals surface area contributed by atoms with E-state index < -0.39 is 0 Å². The number of ether oxygens (including phenoxy) is 1. The average Bonchev–Trinajstić information content (AvgIpc) is 3.10. The lowest BCUT2D eigenvalue weighted by Crippen LogP contribution is -2.16. The Morgan fingerprint density at radius 1 is 1.30 bits per heavy atom. The first-order valence-electron chi connectivity index (χ1n) is 6.33. The van der Waals surface area contributed by atoms with Crippen LogP contribution in [0.2, 0.25) is 0 Å². The third-order valence-electron chi connectivity index (χ3n) is 3.13. The minimum atomic E-state index is -0.0663. The maximum absolute atomic E-state index is 11.1. The van der Waals surface area contributed by atoms with Crippen LogP contribution >= 0.6 is 0 Å². The molecule has 0 fully saturated rings. The van der Waals surface area contributed by atoms with Gasteiger partial charge in [0.1, 0.15) is 5.75 Å². The number of aromatic nitrogens is 1. The van der Waals surface area contributed by atoms with Crippen LogP contribution in [0.25, 0.3) is 5.69 Å². The Morgan fingerprint density at radius 2 is 2.10 bits per heavy atom. The number of nitrogens with zero attached hydrogens (tertiary/aromatic N) is 1. The Morgan fingerprint density at radius 3 is 2.75 bits per heavy atom. The number of nitrogens with one attached hydrogen (secondary N) is 2. The largest absolute Gasteiger partial charge is 0.494 e. The molecule has 3 rings (SSSR count). The Hall–Kier alpha value is -2.69. The van der Waals surface area contributed by atoms with Gasteiger partial charge in [-0.15, -0.1) is 0 Å². The van der Waals surface area contributed by atoms with Crippen molar-refractivity contribution in [1.29, 1.82) is 0 Å². The van der Waals surface area contributed by atoms with E-state index in [2.05, 4.69) is 10.6 Å². The summed E-state index contributed by atoms with van der Waals surface area (Å²) in [6.45, 7) is 0.528. The number of anilines is 1. The Labute approximate surface area is 116 Å². The van der Waals surface area contributed by atoms with E-state index in [4.69, 9.17) is 4.74 Å². The Kier molecular flexibility index (Phi) is 3.16. The molecular weight excluding hydrogens is 254 g/mol. The SMILES string of the molecule is COc1cc(NC2=CC(=O)NC2)ccc1-n1cccc1. The summed E-state index contributed by atoms with van der Waals surface area (Å²) >= 11 is 0. The van der Waals surface area contributed by atoms with Crippen molar-refractivity contribution >= 4 is 11.6 Å². The van der Waals surface area contributed by atoms with Crippen LogP contribution < -0.4 is 15.4 Å². The van der Waals surface area contributed by atoms with Crippen LogP contribution in [0.15, 0.2) is 54.5 Å². The quantitative estimate of drug-likeness (QED) is 0.891. The highest BCUT2D eigenvalue weighted by Crippen LogP contribution is 2.27. The molecule has 1 aliphatic rings. The van der Waals surface area contributed by atoms with Crippen LogP contribution in [0.1, 0.15) is 0 Å². The minimum absolute atomic E-state index is 0.0663. The third kappa shape index (κ3) is 2.38. The van der Waals surface area contributed by atoms with Gasteiger partial charge < -0.3 is 19.9 Å². The van der Waals surface area contributed by atoms with Gasteiger partial charge in [-0.05, 0) is 24.3 Å². The molecule has 2 heterocycles. The van der Waals surface area contributed by atoms with Crippen LogP contribution in [-0.2, 0) is 4.79 Å². The van der Waals surface area contributed by atoms with Gasteiger partial charge in [-0.25, -0.2) is 0 Å². The van der Waals surface area contributed by atoms with Crippen molar-refractivity contribution in [3.8, 4) is 11.4 Å². The predicted molar refractivity (Wildman–Crippen MR) is 77.0 cm³/mol. The summed E-state index contributed by atoms with van der Waals surface area (Å²) in [4.78, 5) is 11.1. The lowest BCUT2D eigenvalue weighted by Gasteiger charge is -2.13. The van der Waals surface area contributed by atoms with Crippen molar-refractivity contribution in [3.63, 3.8) is 0 Å². The number of methoxy groups -OCH3 is 1. The lowest BCUT2D eigenvalue weighted by molar-refractivity contribution is -0.115. The van der Waals surface area contributed by atoms with Crippen molar-refractivity contribution in [2.75, 3.05) is 19.0 Å². The molecule has 0 atom stereocenters. The molecule has 0 aliphatic carbocycles. The second-order valence-electron chi connectivity index (χ2n) is 4.49. The molecule has 0 saturated carbocycles. The first-order chi connectivity index (χ1) is 9.76. The second-order valence-corrected chi connectivity index (χ2v) is 4.49. The standard InChI is InChI=1S/C15H15N3O2/c1-20-14-8-11(17-12-9-15(19)16-10-12)4-5-13(14)18-6-2-3-7-18/h2-9,17H,10H2,1H3,(H,16,19). The molecule has 1 amide bonds. The van der Waals surface area contributed by atoms with Gasteiger partial charge in [0.15, 0.2) is 0 Å². The molecule has 1 aromatic carbocycles. The van der Waals surface area contributed by atoms with Crippen molar-refractivity contribution in [2.24, 2.45) is 0 Å². The van der Waals surface area contributed by atoms with Crippen molar-refractivity contribution in [3.05, 3.63) is 54.5 Å². The predicted octanol–water partition coefficient (Wildman–Crippen LogP) is 1.91. The van der Waals surface area contributed by atoms with Crippen molar-refractivity contribution in [2.45, 2.75) is 0 Å². The molecule has 2 aromatic rings. The summed E-state index contributed by atoms with van der Waals surface area (Å²) in [5.41, 5.74) is 2.71. The number of rotatable bonds is 4. The normalized spacial score (nSPS) is 13.8. The molecular formula is C15H15N3O2. The van der Waals surface area contributed by atoms with Gasteiger partial charge in [-0.3, -0.25) is 4.79 Å². The van der Waals surface area contributed by atoms with E-state index in [1.807, 2.05) is 47.3 Å². The minimum Gasteiger partial charge on any atom is -0.494 e. The maximum Gasteiger partial charge on any atom is 0.246 e.